The number of carbonyl (C=O) groups excluding carboxylic acids is 2. The Hall–Kier alpha value is -2.96. The highest BCUT2D eigenvalue weighted by molar-refractivity contribution is 6.39. The Labute approximate surface area is 173 Å². The lowest BCUT2D eigenvalue weighted by atomic mass is 9.98. The summed E-state index contributed by atoms with van der Waals surface area (Å²) < 4.78 is 13.2. The topological polar surface area (TPSA) is 61.4 Å². The van der Waals surface area contributed by atoms with Crippen molar-refractivity contribution in [1.29, 1.82) is 0 Å². The second-order valence-electron chi connectivity index (χ2n) is 6.84. The first-order chi connectivity index (χ1) is 13.9. The van der Waals surface area contributed by atoms with Gasteiger partial charge in [-0.05, 0) is 48.6 Å². The van der Waals surface area contributed by atoms with Crippen LogP contribution in [0.4, 0.5) is 10.1 Å². The molecule has 0 aliphatic rings. The van der Waals surface area contributed by atoms with Gasteiger partial charge >= 0.3 is 11.8 Å². The predicted octanol–water partition coefficient (Wildman–Crippen LogP) is 3.99. The molecule has 0 saturated heterocycles. The van der Waals surface area contributed by atoms with Crippen LogP contribution < -0.4 is 10.6 Å². The summed E-state index contributed by atoms with van der Waals surface area (Å²) in [5.74, 6) is -2.22. The lowest BCUT2D eigenvalue weighted by Crippen LogP contribution is -2.40. The molecule has 2 amide bonds. The van der Waals surface area contributed by atoms with Gasteiger partial charge < -0.3 is 15.5 Å². The maximum absolute atomic E-state index is 13.2. The van der Waals surface area contributed by atoms with E-state index in [9.17, 15) is 14.0 Å². The van der Waals surface area contributed by atoms with Crippen molar-refractivity contribution in [2.24, 2.45) is 0 Å². The van der Waals surface area contributed by atoms with Gasteiger partial charge in [0.2, 0.25) is 0 Å². The summed E-state index contributed by atoms with van der Waals surface area (Å²) in [5, 5.41) is 7.15. The maximum atomic E-state index is 13.2. The lowest BCUT2D eigenvalue weighted by Gasteiger charge is -2.26. The molecule has 0 aliphatic heterocycles. The summed E-state index contributed by atoms with van der Waals surface area (Å²) in [7, 11) is 3.83. The summed E-state index contributed by atoms with van der Waals surface area (Å²) >= 11 is 5.70. The van der Waals surface area contributed by atoms with Crippen LogP contribution >= 0.6 is 11.6 Å². The smallest absolute Gasteiger partial charge is 0.313 e. The van der Waals surface area contributed by atoms with Gasteiger partial charge in [0, 0.05) is 12.2 Å². The van der Waals surface area contributed by atoms with Gasteiger partial charge in [0.15, 0.2) is 0 Å². The van der Waals surface area contributed by atoms with Crippen molar-refractivity contribution in [2.75, 3.05) is 26.0 Å². The van der Waals surface area contributed by atoms with E-state index in [1.165, 1.54) is 12.1 Å². The summed E-state index contributed by atoms with van der Waals surface area (Å²) in [5.41, 5.74) is 1.30. The third-order valence-corrected chi connectivity index (χ3v) is 4.94. The summed E-state index contributed by atoms with van der Waals surface area (Å²) in [4.78, 5) is 26.4. The van der Waals surface area contributed by atoms with Gasteiger partial charge in [-0.3, -0.25) is 9.59 Å². The second kappa shape index (κ2) is 9.03. The van der Waals surface area contributed by atoms with Crippen LogP contribution in [0.1, 0.15) is 11.6 Å². The number of nitrogens with one attached hydrogen (secondary N) is 2. The molecule has 0 bridgehead atoms. The van der Waals surface area contributed by atoms with Gasteiger partial charge in [-0.1, -0.05) is 54.1 Å². The third-order valence-electron chi connectivity index (χ3n) is 4.65. The molecule has 3 rings (SSSR count). The number of anilines is 1. The molecule has 0 spiro atoms. The Kier molecular flexibility index (Phi) is 6.46. The average molecular weight is 414 g/mol. The summed E-state index contributed by atoms with van der Waals surface area (Å²) in [6.07, 6.45) is 0. The Morgan fingerprint density at radius 3 is 2.48 bits per heavy atom. The first-order valence-corrected chi connectivity index (χ1v) is 9.43. The number of hydrogen-bond donors (Lipinski definition) is 2. The van der Waals surface area contributed by atoms with Crippen molar-refractivity contribution in [3.8, 4) is 0 Å². The van der Waals surface area contributed by atoms with Gasteiger partial charge in [-0.25, -0.2) is 4.39 Å². The van der Waals surface area contributed by atoms with Gasteiger partial charge in [0.25, 0.3) is 0 Å². The lowest BCUT2D eigenvalue weighted by molar-refractivity contribution is -0.136. The average Bonchev–Trinajstić information content (AvgIpc) is 2.70. The standard InChI is InChI=1S/C22H21ClFN3O2/c1-27(2)20(17-9-5-7-14-6-3-4-8-16(14)17)13-25-21(28)22(29)26-15-10-11-19(24)18(23)12-15/h3-12,20H,13H2,1-2H3,(H,25,28)(H,26,29)/t20-/m1/s1. The van der Waals surface area contributed by atoms with E-state index in [4.69, 9.17) is 11.6 Å². The molecule has 5 nitrogen and oxygen atoms in total. The van der Waals surface area contributed by atoms with Crippen molar-refractivity contribution < 1.29 is 14.0 Å². The highest BCUT2D eigenvalue weighted by Crippen LogP contribution is 2.26. The fourth-order valence-corrected chi connectivity index (χ4v) is 3.32. The number of nitrogens with zero attached hydrogens (tertiary/aromatic N) is 1. The van der Waals surface area contributed by atoms with Gasteiger partial charge in [-0.15, -0.1) is 0 Å². The van der Waals surface area contributed by atoms with E-state index in [2.05, 4.69) is 10.6 Å². The maximum Gasteiger partial charge on any atom is 0.313 e. The Balaban J connectivity index is 1.70. The van der Waals surface area contributed by atoms with Crippen molar-refractivity contribution in [3.63, 3.8) is 0 Å². The highest BCUT2D eigenvalue weighted by atomic mass is 35.5. The summed E-state index contributed by atoms with van der Waals surface area (Å²) in [6, 6.07) is 17.6. The van der Waals surface area contributed by atoms with Crippen LogP contribution in [0.2, 0.25) is 5.02 Å². The van der Waals surface area contributed by atoms with Crippen molar-refractivity contribution in [3.05, 3.63) is 77.1 Å². The molecule has 150 valence electrons. The number of benzene rings is 3. The number of likely N-dealkylation sites (N-methyl/N-ethyl adjacent to an activating group) is 1. The van der Waals surface area contributed by atoms with Gasteiger partial charge in [0.05, 0.1) is 11.1 Å². The zero-order valence-corrected chi connectivity index (χ0v) is 16.8. The number of amides is 2. The number of carbonyl (C=O) groups is 2. The van der Waals surface area contributed by atoms with Gasteiger partial charge in [0.1, 0.15) is 5.82 Å². The molecule has 0 aliphatic carbocycles. The molecule has 2 N–H and O–H groups in total. The molecule has 3 aromatic rings. The van der Waals surface area contributed by atoms with Crippen LogP contribution in [0.3, 0.4) is 0 Å². The molecule has 0 saturated carbocycles. The normalized spacial score (nSPS) is 12.0. The number of rotatable bonds is 5. The fourth-order valence-electron chi connectivity index (χ4n) is 3.14. The molecule has 0 radical (unpaired) electrons. The molecular formula is C22H21ClFN3O2. The van der Waals surface area contributed by atoms with E-state index in [1.807, 2.05) is 61.5 Å². The fraction of sp³-hybridized carbons (Fsp3) is 0.182. The van der Waals surface area contributed by atoms with Crippen LogP contribution in [0, 0.1) is 5.82 Å². The van der Waals surface area contributed by atoms with Crippen LogP contribution in [-0.4, -0.2) is 37.4 Å². The minimum atomic E-state index is -0.844. The first-order valence-electron chi connectivity index (χ1n) is 9.05. The minimum Gasteiger partial charge on any atom is -0.346 e. The van der Waals surface area contributed by atoms with E-state index in [0.29, 0.717) is 0 Å². The molecule has 7 heteroatoms. The zero-order chi connectivity index (χ0) is 21.0. The number of halogens is 2. The molecule has 3 aromatic carbocycles. The quantitative estimate of drug-likeness (QED) is 0.622. The van der Waals surface area contributed by atoms with E-state index in [0.717, 1.165) is 22.4 Å². The van der Waals surface area contributed by atoms with E-state index >= 15 is 0 Å². The van der Waals surface area contributed by atoms with Crippen molar-refractivity contribution >= 4 is 39.9 Å². The third kappa shape index (κ3) is 4.91. The van der Waals surface area contributed by atoms with Gasteiger partial charge in [-0.2, -0.15) is 0 Å². The van der Waals surface area contributed by atoms with E-state index < -0.39 is 17.6 Å². The number of fused-ring (bicyclic) bond motifs is 1. The molecule has 0 heterocycles. The zero-order valence-electron chi connectivity index (χ0n) is 16.1. The molecular weight excluding hydrogens is 393 g/mol. The first kappa shape index (κ1) is 20.8. The molecule has 0 aromatic heterocycles. The Morgan fingerprint density at radius 1 is 1.03 bits per heavy atom. The van der Waals surface area contributed by atoms with Crippen LogP contribution in [0.15, 0.2) is 60.7 Å². The van der Waals surface area contributed by atoms with E-state index in [1.54, 1.807) is 0 Å². The largest absolute Gasteiger partial charge is 0.346 e. The molecule has 1 atom stereocenters. The second-order valence-corrected chi connectivity index (χ2v) is 7.25. The summed E-state index contributed by atoms with van der Waals surface area (Å²) in [6.45, 7) is 0.247. The van der Waals surface area contributed by atoms with Crippen LogP contribution in [0.5, 0.6) is 0 Å². The SMILES string of the molecule is CN(C)[C@H](CNC(=O)C(=O)Nc1ccc(F)c(Cl)c1)c1cccc2ccccc12. The molecule has 29 heavy (non-hydrogen) atoms. The molecule has 0 unspecified atom stereocenters. The number of hydrogen-bond acceptors (Lipinski definition) is 3. The van der Waals surface area contributed by atoms with Crippen LogP contribution in [-0.2, 0) is 9.59 Å². The Morgan fingerprint density at radius 2 is 1.76 bits per heavy atom. The van der Waals surface area contributed by atoms with Crippen molar-refractivity contribution in [2.45, 2.75) is 6.04 Å². The minimum absolute atomic E-state index is 0.127. The highest BCUT2D eigenvalue weighted by Gasteiger charge is 2.20. The Bertz CT molecular complexity index is 1050. The van der Waals surface area contributed by atoms with E-state index in [-0.39, 0.29) is 23.3 Å². The van der Waals surface area contributed by atoms with Crippen LogP contribution in [0.25, 0.3) is 10.8 Å². The predicted molar refractivity (Wildman–Crippen MR) is 113 cm³/mol. The van der Waals surface area contributed by atoms with Crippen molar-refractivity contribution in [1.82, 2.24) is 10.2 Å². The molecule has 0 fully saturated rings. The monoisotopic (exact) mass is 413 g/mol.